The van der Waals surface area contributed by atoms with Gasteiger partial charge in [-0.25, -0.2) is 0 Å². The second-order valence-corrected chi connectivity index (χ2v) is 15.6. The molecule has 0 atom stereocenters. The largest absolute Gasteiger partial charge is 0.456 e. The number of piperidine rings is 1. The Labute approximate surface area is 141 Å². The van der Waals surface area contributed by atoms with Gasteiger partial charge in [-0.2, -0.15) is 0 Å². The van der Waals surface area contributed by atoms with Crippen molar-refractivity contribution in [3.05, 3.63) is 0 Å². The second kappa shape index (κ2) is 7.47. The lowest BCUT2D eigenvalue weighted by atomic mass is 9.79. The van der Waals surface area contributed by atoms with E-state index in [9.17, 15) is 0 Å². The summed E-state index contributed by atoms with van der Waals surface area (Å²) in [6, 6.07) is 1.21. The van der Waals surface area contributed by atoms with Crippen LogP contribution < -0.4 is 0 Å². The minimum Gasteiger partial charge on any atom is -0.456 e. The van der Waals surface area contributed by atoms with Gasteiger partial charge in [0.15, 0.2) is 17.4 Å². The van der Waals surface area contributed by atoms with Crippen LogP contribution in [0.4, 0.5) is 0 Å². The highest BCUT2D eigenvalue weighted by molar-refractivity contribution is 6.77. The molecule has 22 heavy (non-hydrogen) atoms. The minimum atomic E-state index is -1.46. The maximum Gasteiger partial charge on any atom is 0.191 e. The van der Waals surface area contributed by atoms with E-state index in [1.54, 1.807) is 0 Å². The topological polar surface area (TPSA) is 21.7 Å². The fourth-order valence-electron chi connectivity index (χ4n) is 3.75. The molecule has 0 aliphatic carbocycles. The van der Waals surface area contributed by atoms with E-state index in [1.807, 2.05) is 0 Å². The lowest BCUT2D eigenvalue weighted by Gasteiger charge is -2.53. The zero-order valence-corrected chi connectivity index (χ0v) is 18.4. The van der Waals surface area contributed by atoms with Crippen LogP contribution in [-0.2, 0) is 8.85 Å². The first-order valence-electron chi connectivity index (χ1n) is 8.70. The Morgan fingerprint density at radius 1 is 1.09 bits per heavy atom. The van der Waals surface area contributed by atoms with Crippen molar-refractivity contribution in [1.29, 1.82) is 0 Å². The van der Waals surface area contributed by atoms with Crippen LogP contribution >= 0.6 is 0 Å². The predicted molar refractivity (Wildman–Crippen MR) is 100 cm³/mol. The van der Waals surface area contributed by atoms with Crippen LogP contribution in [0, 0.1) is 0 Å². The van der Waals surface area contributed by atoms with Crippen molar-refractivity contribution < 1.29 is 8.85 Å². The molecular weight excluding hydrogens is 306 g/mol. The van der Waals surface area contributed by atoms with Crippen molar-refractivity contribution in [1.82, 2.24) is 4.90 Å². The molecule has 1 heterocycles. The summed E-state index contributed by atoms with van der Waals surface area (Å²) in [7, 11) is 0.213. The number of hydrogen-bond donors (Lipinski definition) is 0. The molecule has 0 aromatic rings. The molecule has 0 N–H and O–H groups in total. The summed E-state index contributed by atoms with van der Waals surface area (Å²) in [6.45, 7) is 19.4. The fraction of sp³-hybridized carbons (Fsp3) is 1.00. The first-order valence-corrected chi connectivity index (χ1v) is 14.2. The first kappa shape index (κ1) is 20.4. The molecule has 0 amide bonds. The number of nitrogens with zero attached hydrogens (tertiary/aromatic N) is 1. The lowest BCUT2D eigenvalue weighted by molar-refractivity contribution is -0.0912. The highest BCUT2D eigenvalue weighted by atomic mass is 28.4. The lowest BCUT2D eigenvalue weighted by Crippen LogP contribution is -2.60. The molecule has 131 valence electrons. The van der Waals surface area contributed by atoms with E-state index < -0.39 is 17.4 Å². The number of likely N-dealkylation sites (tertiary alicyclic amines) is 1. The molecule has 1 radical (unpaired) electrons. The predicted octanol–water partition coefficient (Wildman–Crippen LogP) is 4.52. The van der Waals surface area contributed by atoms with Gasteiger partial charge in [0.05, 0.1) is 6.10 Å². The van der Waals surface area contributed by atoms with Crippen molar-refractivity contribution in [3.8, 4) is 0 Å². The van der Waals surface area contributed by atoms with Crippen LogP contribution in [0.25, 0.3) is 0 Å². The van der Waals surface area contributed by atoms with Gasteiger partial charge in [0.25, 0.3) is 0 Å². The van der Waals surface area contributed by atoms with E-state index >= 15 is 0 Å². The molecule has 0 bridgehead atoms. The Morgan fingerprint density at radius 2 is 1.59 bits per heavy atom. The standard InChI is InChI=1S/C17H38NO2Si2/c1-16(2)13-15(14-17(3,4)18(16)5)19-11-10-12-22(8,9)20-21(6)7/h15H,10-14H2,1-9H3. The monoisotopic (exact) mass is 344 g/mol. The zero-order valence-electron chi connectivity index (χ0n) is 16.4. The fourth-order valence-corrected chi connectivity index (χ4v) is 9.57. The molecule has 0 unspecified atom stereocenters. The molecule has 0 spiro atoms. The Hall–Kier alpha value is 0.314. The van der Waals surface area contributed by atoms with Gasteiger partial charge in [-0.15, -0.1) is 0 Å². The molecule has 0 aromatic heterocycles. The maximum absolute atomic E-state index is 6.25. The molecule has 0 aromatic carbocycles. The molecular formula is C17H38NO2Si2. The van der Waals surface area contributed by atoms with Gasteiger partial charge < -0.3 is 8.85 Å². The van der Waals surface area contributed by atoms with Gasteiger partial charge in [-0.05, 0) is 86.2 Å². The van der Waals surface area contributed by atoms with Gasteiger partial charge in [0, 0.05) is 17.7 Å². The number of hydrogen-bond acceptors (Lipinski definition) is 3. The maximum atomic E-state index is 6.25. The number of ether oxygens (including phenoxy) is 1. The Balaban J connectivity index is 2.40. The van der Waals surface area contributed by atoms with Crippen LogP contribution in [0.1, 0.15) is 47.0 Å². The second-order valence-electron chi connectivity index (χ2n) is 8.96. The van der Waals surface area contributed by atoms with E-state index in [4.69, 9.17) is 8.85 Å². The van der Waals surface area contributed by atoms with E-state index in [-0.39, 0.29) is 11.1 Å². The van der Waals surface area contributed by atoms with E-state index in [0.717, 1.165) is 25.9 Å². The molecule has 1 rings (SSSR count). The molecule has 1 saturated heterocycles. The smallest absolute Gasteiger partial charge is 0.191 e. The molecule has 5 heteroatoms. The average Bonchev–Trinajstić information content (AvgIpc) is 2.29. The van der Waals surface area contributed by atoms with E-state index in [2.05, 4.69) is 65.8 Å². The van der Waals surface area contributed by atoms with Crippen LogP contribution in [-0.4, -0.2) is 53.1 Å². The van der Waals surface area contributed by atoms with Gasteiger partial charge in [0.1, 0.15) is 0 Å². The summed E-state index contributed by atoms with van der Waals surface area (Å²) in [4.78, 5) is 2.51. The van der Waals surface area contributed by atoms with Gasteiger partial charge in [0.2, 0.25) is 0 Å². The molecule has 0 saturated carbocycles. The SMILES string of the molecule is CN1C(C)(C)CC(OCCC[Si](C)(C)O[Si](C)C)CC1(C)C. The van der Waals surface area contributed by atoms with Crippen molar-refractivity contribution in [3.63, 3.8) is 0 Å². The van der Waals surface area contributed by atoms with Gasteiger partial charge in [-0.1, -0.05) is 0 Å². The number of rotatable bonds is 7. The molecule has 1 aliphatic rings. The van der Waals surface area contributed by atoms with Crippen LogP contribution in [0.2, 0.25) is 32.2 Å². The Morgan fingerprint density at radius 3 is 2.05 bits per heavy atom. The summed E-state index contributed by atoms with van der Waals surface area (Å²) in [5.74, 6) is 0. The van der Waals surface area contributed by atoms with Crippen molar-refractivity contribution in [2.24, 2.45) is 0 Å². The summed E-state index contributed by atoms with van der Waals surface area (Å²) < 4.78 is 12.4. The highest BCUT2D eigenvalue weighted by Gasteiger charge is 2.43. The summed E-state index contributed by atoms with van der Waals surface area (Å²) >= 11 is 0. The Kier molecular flexibility index (Phi) is 6.91. The molecule has 3 nitrogen and oxygen atoms in total. The average molecular weight is 345 g/mol. The van der Waals surface area contributed by atoms with Gasteiger partial charge >= 0.3 is 0 Å². The van der Waals surface area contributed by atoms with Crippen LogP contribution in [0.15, 0.2) is 0 Å². The van der Waals surface area contributed by atoms with Crippen LogP contribution in [0.5, 0.6) is 0 Å². The third-order valence-corrected chi connectivity index (χ3v) is 10.4. The summed E-state index contributed by atoms with van der Waals surface area (Å²) in [6.07, 6.45) is 3.79. The first-order chi connectivity index (χ1) is 9.86. The highest BCUT2D eigenvalue weighted by Crippen LogP contribution is 2.38. The summed E-state index contributed by atoms with van der Waals surface area (Å²) in [5, 5.41) is 0. The normalized spacial score (nSPS) is 23.2. The molecule has 1 fully saturated rings. The zero-order chi connectivity index (χ0) is 17.2. The van der Waals surface area contributed by atoms with Gasteiger partial charge in [-0.3, -0.25) is 4.90 Å². The van der Waals surface area contributed by atoms with Crippen molar-refractivity contribution in [2.45, 2.75) is 96.4 Å². The third kappa shape index (κ3) is 6.08. The van der Waals surface area contributed by atoms with E-state index in [1.165, 1.54) is 6.04 Å². The minimum absolute atomic E-state index is 0.214. The van der Waals surface area contributed by atoms with E-state index in [0.29, 0.717) is 6.10 Å². The summed E-state index contributed by atoms with van der Waals surface area (Å²) in [5.41, 5.74) is 0.427. The quantitative estimate of drug-likeness (QED) is 0.501. The van der Waals surface area contributed by atoms with Crippen molar-refractivity contribution >= 4 is 17.4 Å². The van der Waals surface area contributed by atoms with Crippen LogP contribution in [0.3, 0.4) is 0 Å². The Bertz CT molecular complexity index is 339. The molecule has 1 aliphatic heterocycles. The third-order valence-electron chi connectivity index (χ3n) is 5.03. The van der Waals surface area contributed by atoms with Crippen molar-refractivity contribution in [2.75, 3.05) is 13.7 Å².